The van der Waals surface area contributed by atoms with Crippen LogP contribution >= 0.6 is 0 Å². The molecule has 1 saturated heterocycles. The van der Waals surface area contributed by atoms with Gasteiger partial charge in [0.2, 0.25) is 5.91 Å². The summed E-state index contributed by atoms with van der Waals surface area (Å²) < 4.78 is 5.46. The lowest BCUT2D eigenvalue weighted by molar-refractivity contribution is -0.169. The largest absolute Gasteiger partial charge is 0.449 e. The van der Waals surface area contributed by atoms with Crippen LogP contribution in [0, 0.1) is 11.8 Å². The second-order valence-corrected chi connectivity index (χ2v) is 11.6. The summed E-state index contributed by atoms with van der Waals surface area (Å²) in [5, 5.41) is 16.4. The molecule has 0 spiro atoms. The van der Waals surface area contributed by atoms with Crippen molar-refractivity contribution in [3.63, 3.8) is 0 Å². The molecule has 43 heavy (non-hydrogen) atoms. The molecule has 0 saturated carbocycles. The predicted octanol–water partition coefficient (Wildman–Crippen LogP) is 1.56. The third-order valence-electron chi connectivity index (χ3n) is 7.00. The molecule has 12 heteroatoms. The number of nitrogens with one attached hydrogen (secondary N) is 3. The minimum absolute atomic E-state index is 0.0466. The number of amides is 5. The van der Waals surface area contributed by atoms with Crippen molar-refractivity contribution in [1.29, 1.82) is 0 Å². The summed E-state index contributed by atoms with van der Waals surface area (Å²) in [6, 6.07) is 15.0. The first kappa shape index (κ1) is 33.2. The van der Waals surface area contributed by atoms with Crippen LogP contribution in [0.15, 0.2) is 60.7 Å². The fourth-order valence-corrected chi connectivity index (χ4v) is 4.60. The molecule has 2 aromatic carbocycles. The van der Waals surface area contributed by atoms with Gasteiger partial charge in [-0.05, 0) is 50.2 Å². The zero-order chi connectivity index (χ0) is 31.7. The highest BCUT2D eigenvalue weighted by Crippen LogP contribution is 2.23. The molecule has 2 aromatic rings. The number of ether oxygens (including phenoxy) is 1. The molecular weight excluding hydrogens is 554 g/mol. The number of hydrogen-bond donors (Lipinski definition) is 5. The van der Waals surface area contributed by atoms with E-state index in [9.17, 15) is 29.1 Å². The number of esters is 1. The molecule has 3 rings (SSSR count). The Balaban J connectivity index is 1.76. The molecule has 0 aliphatic carbocycles. The molecule has 1 heterocycles. The Morgan fingerprint density at radius 3 is 2.19 bits per heavy atom. The van der Waals surface area contributed by atoms with E-state index < -0.39 is 59.6 Å². The highest BCUT2D eigenvalue weighted by Gasteiger charge is 2.41. The van der Waals surface area contributed by atoms with Crippen molar-refractivity contribution >= 4 is 29.7 Å². The van der Waals surface area contributed by atoms with Gasteiger partial charge in [0.25, 0.3) is 11.8 Å². The van der Waals surface area contributed by atoms with E-state index in [1.807, 2.05) is 50.2 Å². The first-order chi connectivity index (χ1) is 20.3. The summed E-state index contributed by atoms with van der Waals surface area (Å²) in [6.45, 7) is 6.39. The van der Waals surface area contributed by atoms with Gasteiger partial charge in [0.05, 0.1) is 12.0 Å². The van der Waals surface area contributed by atoms with E-state index in [2.05, 4.69) is 16.1 Å². The highest BCUT2D eigenvalue weighted by atomic mass is 16.6. The van der Waals surface area contributed by atoms with Gasteiger partial charge in [0, 0.05) is 6.42 Å². The maximum absolute atomic E-state index is 13.3. The van der Waals surface area contributed by atoms with Crippen molar-refractivity contribution in [2.75, 3.05) is 0 Å². The first-order valence-corrected chi connectivity index (χ1v) is 14.3. The van der Waals surface area contributed by atoms with Crippen molar-refractivity contribution in [1.82, 2.24) is 21.1 Å². The van der Waals surface area contributed by atoms with Gasteiger partial charge in [-0.2, -0.15) is 0 Å². The fourth-order valence-electron chi connectivity index (χ4n) is 4.60. The number of carbonyl (C=O) groups excluding carboxylic acids is 5. The predicted molar refractivity (Wildman–Crippen MR) is 157 cm³/mol. The molecule has 1 aliphatic rings. The molecule has 6 N–H and O–H groups in total. The van der Waals surface area contributed by atoms with Crippen LogP contribution < -0.4 is 21.8 Å². The number of nitrogens with zero attached hydrogens (tertiary/aromatic N) is 1. The van der Waals surface area contributed by atoms with Crippen molar-refractivity contribution in [3.05, 3.63) is 71.8 Å². The third-order valence-corrected chi connectivity index (χ3v) is 7.00. The number of hydrogen-bond acceptors (Lipinski definition) is 8. The second kappa shape index (κ2) is 14.7. The van der Waals surface area contributed by atoms with Gasteiger partial charge >= 0.3 is 12.0 Å². The highest BCUT2D eigenvalue weighted by molar-refractivity contribution is 6.00. The maximum atomic E-state index is 13.3. The zero-order valence-corrected chi connectivity index (χ0v) is 24.9. The van der Waals surface area contributed by atoms with E-state index in [0.29, 0.717) is 5.01 Å². The van der Waals surface area contributed by atoms with Crippen molar-refractivity contribution in [2.45, 2.75) is 77.3 Å². The lowest BCUT2D eigenvalue weighted by Crippen LogP contribution is -2.61. The van der Waals surface area contributed by atoms with Crippen LogP contribution in [0.2, 0.25) is 0 Å². The van der Waals surface area contributed by atoms with Gasteiger partial charge in [-0.3, -0.25) is 29.9 Å². The van der Waals surface area contributed by atoms with Crippen LogP contribution in [-0.2, 0) is 36.8 Å². The Kier molecular flexibility index (Phi) is 11.4. The van der Waals surface area contributed by atoms with Crippen molar-refractivity contribution in [2.24, 2.45) is 17.6 Å². The second-order valence-electron chi connectivity index (χ2n) is 11.6. The Bertz CT molecular complexity index is 1290. The maximum Gasteiger partial charge on any atom is 0.345 e. The molecule has 1 fully saturated rings. The summed E-state index contributed by atoms with van der Waals surface area (Å²) in [7, 11) is 0. The average molecular weight is 596 g/mol. The van der Waals surface area contributed by atoms with Gasteiger partial charge in [-0.1, -0.05) is 74.5 Å². The summed E-state index contributed by atoms with van der Waals surface area (Å²) in [5.74, 6) is -3.99. The summed E-state index contributed by atoms with van der Waals surface area (Å²) in [4.78, 5) is 65.4. The minimum atomic E-state index is -1.69. The summed E-state index contributed by atoms with van der Waals surface area (Å²) in [6.07, 6.45) is -1.36. The lowest BCUT2D eigenvalue weighted by atomic mass is 9.95. The van der Waals surface area contributed by atoms with Crippen LogP contribution in [-0.4, -0.2) is 63.8 Å². The molecule has 0 bridgehead atoms. The van der Waals surface area contributed by atoms with E-state index in [-0.39, 0.29) is 31.6 Å². The van der Waals surface area contributed by atoms with Gasteiger partial charge in [0.1, 0.15) is 6.04 Å². The number of hydrazine groups is 1. The molecule has 232 valence electrons. The smallest absolute Gasteiger partial charge is 0.345 e. The Hall–Kier alpha value is -4.29. The standard InChI is InChI=1S/C31H41N5O7/c1-19(2)15-24(33-26(38)23(32)17-21-13-9-6-10-14-21)27(39)34-30(42)36-25(37)18-22(16-20-11-7-5-8-12-20)28(40)43-31(3,4)29(41)35-36/h5-14,19,22-25,37H,15-18,32H2,1-4H3,(H,33,38)(H,35,41)(H,34,39,42)/t22-,23-,24-,25?/m0/s1. The first-order valence-electron chi connectivity index (χ1n) is 14.3. The van der Waals surface area contributed by atoms with Crippen LogP contribution in [0.5, 0.6) is 0 Å². The monoisotopic (exact) mass is 595 g/mol. The SMILES string of the molecule is CC(C)C[C@H](NC(=O)[C@@H](N)Cc1ccccc1)C(=O)NC(=O)N1NC(=O)C(C)(C)OC(=O)[C@@H](Cc2ccccc2)CC1O. The lowest BCUT2D eigenvalue weighted by Gasteiger charge is -2.30. The van der Waals surface area contributed by atoms with Gasteiger partial charge in [-0.15, -0.1) is 0 Å². The van der Waals surface area contributed by atoms with E-state index >= 15 is 0 Å². The van der Waals surface area contributed by atoms with Crippen LogP contribution in [0.1, 0.15) is 51.7 Å². The number of urea groups is 1. The normalized spacial score (nSPS) is 20.0. The quantitative estimate of drug-likeness (QED) is 0.271. The van der Waals surface area contributed by atoms with Crippen molar-refractivity contribution < 1.29 is 33.8 Å². The zero-order valence-electron chi connectivity index (χ0n) is 24.9. The molecule has 1 aliphatic heterocycles. The van der Waals surface area contributed by atoms with Crippen molar-refractivity contribution in [3.8, 4) is 0 Å². The number of imide groups is 1. The number of aliphatic hydroxyl groups excluding tert-OH is 1. The van der Waals surface area contributed by atoms with Gasteiger partial charge in [0.15, 0.2) is 11.8 Å². The van der Waals surface area contributed by atoms with E-state index in [1.165, 1.54) is 13.8 Å². The molecule has 0 radical (unpaired) electrons. The molecule has 1 unspecified atom stereocenters. The molecular formula is C31H41N5O7. The number of cyclic esters (lactones) is 1. The Morgan fingerprint density at radius 2 is 1.60 bits per heavy atom. The van der Waals surface area contributed by atoms with Crippen LogP contribution in [0.25, 0.3) is 0 Å². The molecule has 5 amide bonds. The van der Waals surface area contributed by atoms with E-state index in [4.69, 9.17) is 10.5 Å². The number of rotatable bonds is 9. The Morgan fingerprint density at radius 1 is 1.02 bits per heavy atom. The summed E-state index contributed by atoms with van der Waals surface area (Å²) in [5.41, 5.74) is 8.31. The molecule has 0 aromatic heterocycles. The Labute approximate surface area is 251 Å². The number of nitrogens with two attached hydrogens (primary N) is 1. The third kappa shape index (κ3) is 9.62. The summed E-state index contributed by atoms with van der Waals surface area (Å²) >= 11 is 0. The van der Waals surface area contributed by atoms with E-state index in [1.54, 1.807) is 24.3 Å². The van der Waals surface area contributed by atoms with Gasteiger partial charge < -0.3 is 20.9 Å². The van der Waals surface area contributed by atoms with Gasteiger partial charge in [-0.25, -0.2) is 9.80 Å². The molecule has 4 atom stereocenters. The number of benzene rings is 2. The average Bonchev–Trinajstić information content (AvgIpc) is 2.97. The minimum Gasteiger partial charge on any atom is -0.449 e. The van der Waals surface area contributed by atoms with Crippen LogP contribution in [0.4, 0.5) is 4.79 Å². The fraction of sp³-hybridized carbons (Fsp3) is 0.452. The number of aliphatic hydroxyl groups is 1. The van der Waals surface area contributed by atoms with Crippen LogP contribution in [0.3, 0.4) is 0 Å². The number of carbonyl (C=O) groups is 5. The molecule has 12 nitrogen and oxygen atoms in total. The van der Waals surface area contributed by atoms with E-state index in [0.717, 1.165) is 11.1 Å². The topological polar surface area (TPSA) is 180 Å².